The van der Waals surface area contributed by atoms with E-state index in [9.17, 15) is 4.79 Å². The van der Waals surface area contributed by atoms with Gasteiger partial charge in [0.2, 0.25) is 0 Å². The number of allylic oxidation sites excluding steroid dienone is 2. The third-order valence-electron chi connectivity index (χ3n) is 3.45. The fourth-order valence-corrected chi connectivity index (χ4v) is 2.21. The molecule has 1 aliphatic carbocycles. The minimum atomic E-state index is 0.480. The van der Waals surface area contributed by atoms with Gasteiger partial charge in [-0.2, -0.15) is 0 Å². The van der Waals surface area contributed by atoms with Gasteiger partial charge in [-0.05, 0) is 38.0 Å². The fourth-order valence-electron chi connectivity index (χ4n) is 2.21. The van der Waals surface area contributed by atoms with Crippen LogP contribution in [0.3, 0.4) is 0 Å². The molecule has 1 heteroatoms. The molecular weight excluding hydrogens is 196 g/mol. The lowest BCUT2D eigenvalue weighted by atomic mass is 9.97. The summed E-state index contributed by atoms with van der Waals surface area (Å²) in [6, 6.07) is 0. The molecule has 0 saturated heterocycles. The van der Waals surface area contributed by atoms with Crippen LogP contribution in [0.4, 0.5) is 0 Å². The molecule has 0 aromatic heterocycles. The van der Waals surface area contributed by atoms with Crippen LogP contribution in [0.1, 0.15) is 71.1 Å². The first-order valence-corrected chi connectivity index (χ1v) is 6.95. The van der Waals surface area contributed by atoms with E-state index >= 15 is 0 Å². The monoisotopic (exact) mass is 222 g/mol. The van der Waals surface area contributed by atoms with Crippen LogP contribution >= 0.6 is 0 Å². The van der Waals surface area contributed by atoms with Gasteiger partial charge in [0.1, 0.15) is 5.78 Å². The number of carbonyl (C=O) groups is 1. The van der Waals surface area contributed by atoms with Crippen LogP contribution < -0.4 is 0 Å². The van der Waals surface area contributed by atoms with E-state index in [4.69, 9.17) is 0 Å². The van der Waals surface area contributed by atoms with Gasteiger partial charge in [0, 0.05) is 12.8 Å². The van der Waals surface area contributed by atoms with Crippen LogP contribution in [-0.2, 0) is 4.79 Å². The summed E-state index contributed by atoms with van der Waals surface area (Å²) >= 11 is 0. The van der Waals surface area contributed by atoms with Crippen molar-refractivity contribution in [3.63, 3.8) is 0 Å². The van der Waals surface area contributed by atoms with E-state index in [1.807, 2.05) is 0 Å². The Kier molecular flexibility index (Phi) is 7.20. The molecule has 0 bridgehead atoms. The Balaban J connectivity index is 2.31. The molecule has 0 aromatic rings. The first-order valence-electron chi connectivity index (χ1n) is 6.95. The third-order valence-corrected chi connectivity index (χ3v) is 3.45. The molecule has 92 valence electrons. The van der Waals surface area contributed by atoms with Crippen molar-refractivity contribution in [1.29, 1.82) is 0 Å². The predicted molar refractivity (Wildman–Crippen MR) is 69.5 cm³/mol. The SMILES string of the molecule is CC1C/C=C\CCCCCCCC(=O)CC1. The fraction of sp³-hybridized carbons (Fsp3) is 0.800. The van der Waals surface area contributed by atoms with E-state index < -0.39 is 0 Å². The molecule has 0 heterocycles. The Labute approximate surface area is 100 Å². The van der Waals surface area contributed by atoms with Crippen molar-refractivity contribution >= 4 is 5.78 Å². The van der Waals surface area contributed by atoms with Gasteiger partial charge < -0.3 is 0 Å². The molecule has 0 N–H and O–H groups in total. The summed E-state index contributed by atoms with van der Waals surface area (Å²) < 4.78 is 0. The highest BCUT2D eigenvalue weighted by atomic mass is 16.1. The highest BCUT2D eigenvalue weighted by Gasteiger charge is 2.06. The Morgan fingerprint density at radius 3 is 2.62 bits per heavy atom. The summed E-state index contributed by atoms with van der Waals surface area (Å²) in [5.74, 6) is 1.15. The first-order chi connectivity index (χ1) is 7.79. The second kappa shape index (κ2) is 8.55. The maximum atomic E-state index is 11.6. The van der Waals surface area contributed by atoms with Crippen molar-refractivity contribution in [3.05, 3.63) is 12.2 Å². The number of hydrogen-bond donors (Lipinski definition) is 0. The average molecular weight is 222 g/mol. The van der Waals surface area contributed by atoms with Gasteiger partial charge >= 0.3 is 0 Å². The van der Waals surface area contributed by atoms with Crippen molar-refractivity contribution in [2.75, 3.05) is 0 Å². The second-order valence-corrected chi connectivity index (χ2v) is 5.20. The van der Waals surface area contributed by atoms with Crippen LogP contribution in [-0.4, -0.2) is 5.78 Å². The minimum Gasteiger partial charge on any atom is -0.300 e. The zero-order valence-corrected chi connectivity index (χ0v) is 10.7. The van der Waals surface area contributed by atoms with Crippen molar-refractivity contribution < 1.29 is 4.79 Å². The lowest BCUT2D eigenvalue weighted by Gasteiger charge is -2.08. The zero-order valence-electron chi connectivity index (χ0n) is 10.7. The van der Waals surface area contributed by atoms with E-state index in [1.54, 1.807) is 0 Å². The molecule has 0 radical (unpaired) electrons. The van der Waals surface area contributed by atoms with Gasteiger partial charge in [0.25, 0.3) is 0 Å². The van der Waals surface area contributed by atoms with E-state index in [-0.39, 0.29) is 0 Å². The van der Waals surface area contributed by atoms with E-state index in [2.05, 4.69) is 19.1 Å². The van der Waals surface area contributed by atoms with Gasteiger partial charge in [-0.25, -0.2) is 0 Å². The van der Waals surface area contributed by atoms with Gasteiger partial charge in [-0.1, -0.05) is 38.3 Å². The van der Waals surface area contributed by atoms with Crippen LogP contribution in [0.25, 0.3) is 0 Å². The molecular formula is C15H26O. The molecule has 1 rings (SSSR count). The van der Waals surface area contributed by atoms with Crippen molar-refractivity contribution in [3.8, 4) is 0 Å². The molecule has 0 amide bonds. The van der Waals surface area contributed by atoms with E-state index in [0.29, 0.717) is 11.7 Å². The highest BCUT2D eigenvalue weighted by molar-refractivity contribution is 5.78. The third kappa shape index (κ3) is 6.81. The molecule has 1 atom stereocenters. The molecule has 1 aliphatic rings. The van der Waals surface area contributed by atoms with Crippen LogP contribution in [0.15, 0.2) is 12.2 Å². The molecule has 0 saturated carbocycles. The maximum absolute atomic E-state index is 11.6. The first kappa shape index (κ1) is 13.5. The lowest BCUT2D eigenvalue weighted by Crippen LogP contribution is -2.02. The largest absolute Gasteiger partial charge is 0.300 e. The Bertz CT molecular complexity index is 217. The Hall–Kier alpha value is -0.590. The topological polar surface area (TPSA) is 17.1 Å². The van der Waals surface area contributed by atoms with Crippen molar-refractivity contribution in [2.24, 2.45) is 5.92 Å². The minimum absolute atomic E-state index is 0.480. The van der Waals surface area contributed by atoms with Gasteiger partial charge in [0.05, 0.1) is 0 Å². The van der Waals surface area contributed by atoms with Gasteiger partial charge in [0.15, 0.2) is 0 Å². The van der Waals surface area contributed by atoms with Crippen LogP contribution in [0.2, 0.25) is 0 Å². The molecule has 0 fully saturated rings. The van der Waals surface area contributed by atoms with E-state index in [1.165, 1.54) is 32.1 Å². The number of Topliss-reactive ketones (excluding diaryl/α,β-unsaturated/α-hetero) is 1. The standard InChI is InChI=1S/C15H26O/c1-14-10-8-6-4-2-3-5-7-9-11-15(16)13-12-14/h6,8,14H,2-5,7,9-13H2,1H3/b8-6-. The van der Waals surface area contributed by atoms with Crippen molar-refractivity contribution in [1.82, 2.24) is 0 Å². The zero-order chi connectivity index (χ0) is 11.6. The summed E-state index contributed by atoms with van der Waals surface area (Å²) in [5.41, 5.74) is 0. The Morgan fingerprint density at radius 1 is 1.00 bits per heavy atom. The quantitative estimate of drug-likeness (QED) is 0.545. The molecule has 0 spiro atoms. The number of hydrogen-bond acceptors (Lipinski definition) is 1. The summed E-state index contributed by atoms with van der Waals surface area (Å²) in [4.78, 5) is 11.6. The summed E-state index contributed by atoms with van der Waals surface area (Å²) in [5, 5.41) is 0. The molecule has 1 nitrogen and oxygen atoms in total. The number of rotatable bonds is 0. The van der Waals surface area contributed by atoms with Crippen molar-refractivity contribution in [2.45, 2.75) is 71.1 Å². The molecule has 0 aromatic carbocycles. The molecule has 1 unspecified atom stereocenters. The maximum Gasteiger partial charge on any atom is 0.132 e. The number of ketones is 1. The van der Waals surface area contributed by atoms with Gasteiger partial charge in [-0.3, -0.25) is 4.79 Å². The smallest absolute Gasteiger partial charge is 0.132 e. The van der Waals surface area contributed by atoms with Crippen LogP contribution in [0, 0.1) is 5.92 Å². The predicted octanol–water partition coefficient (Wildman–Crippen LogP) is 4.66. The van der Waals surface area contributed by atoms with Gasteiger partial charge in [-0.15, -0.1) is 0 Å². The average Bonchev–Trinajstić information content (AvgIpc) is 2.28. The van der Waals surface area contributed by atoms with Crippen LogP contribution in [0.5, 0.6) is 0 Å². The summed E-state index contributed by atoms with van der Waals surface area (Å²) in [6.07, 6.45) is 16.0. The van der Waals surface area contributed by atoms with E-state index in [0.717, 1.165) is 32.1 Å². The number of carbonyl (C=O) groups excluding carboxylic acids is 1. The highest BCUT2D eigenvalue weighted by Crippen LogP contribution is 2.15. The second-order valence-electron chi connectivity index (χ2n) is 5.20. The Morgan fingerprint density at radius 2 is 1.75 bits per heavy atom. The summed E-state index contributed by atoms with van der Waals surface area (Å²) in [7, 11) is 0. The molecule has 0 aliphatic heterocycles. The lowest BCUT2D eigenvalue weighted by molar-refractivity contribution is -0.119. The summed E-state index contributed by atoms with van der Waals surface area (Å²) in [6.45, 7) is 2.25. The normalized spacial score (nSPS) is 28.3. The molecule has 16 heavy (non-hydrogen) atoms.